The lowest BCUT2D eigenvalue weighted by molar-refractivity contribution is -0.0621. The Bertz CT molecular complexity index is 160. The molecular formula is C12H22O2. The first-order chi connectivity index (χ1) is 6.86. The molecule has 1 N–H and O–H groups in total. The second-order valence-corrected chi connectivity index (χ2v) is 4.85. The summed E-state index contributed by atoms with van der Waals surface area (Å²) in [5.74, 6) is 0.517. The minimum Gasteiger partial charge on any atom is -0.390 e. The largest absolute Gasteiger partial charge is 0.390 e. The van der Waals surface area contributed by atoms with Crippen molar-refractivity contribution in [3.8, 4) is 0 Å². The first-order valence-corrected chi connectivity index (χ1v) is 6.16. The lowest BCUT2D eigenvalue weighted by Crippen LogP contribution is -2.32. The second kappa shape index (κ2) is 5.13. The van der Waals surface area contributed by atoms with Crippen molar-refractivity contribution in [2.24, 2.45) is 5.92 Å². The van der Waals surface area contributed by atoms with Gasteiger partial charge in [0, 0.05) is 0 Å². The summed E-state index contributed by atoms with van der Waals surface area (Å²) in [5, 5.41) is 9.92. The topological polar surface area (TPSA) is 29.5 Å². The number of hydrogen-bond acceptors (Lipinski definition) is 2. The zero-order chi connectivity index (χ0) is 9.80. The predicted octanol–water partition coefficient (Wildman–Crippen LogP) is 2.50. The van der Waals surface area contributed by atoms with Gasteiger partial charge in [0.25, 0.3) is 0 Å². The molecule has 2 aliphatic carbocycles. The normalized spacial score (nSPS) is 27.2. The van der Waals surface area contributed by atoms with Gasteiger partial charge in [-0.05, 0) is 38.0 Å². The van der Waals surface area contributed by atoms with Crippen molar-refractivity contribution in [1.82, 2.24) is 0 Å². The van der Waals surface area contributed by atoms with E-state index in [-0.39, 0.29) is 6.10 Å². The molecule has 1 atom stereocenters. The highest BCUT2D eigenvalue weighted by atomic mass is 16.5. The summed E-state index contributed by atoms with van der Waals surface area (Å²) in [6.07, 6.45) is 10.3. The van der Waals surface area contributed by atoms with Crippen molar-refractivity contribution in [2.45, 2.75) is 63.6 Å². The van der Waals surface area contributed by atoms with Gasteiger partial charge in [-0.15, -0.1) is 0 Å². The molecular weight excluding hydrogens is 176 g/mol. The zero-order valence-electron chi connectivity index (χ0n) is 8.95. The van der Waals surface area contributed by atoms with E-state index in [0.29, 0.717) is 18.6 Å². The van der Waals surface area contributed by atoms with E-state index in [1.165, 1.54) is 51.4 Å². The van der Waals surface area contributed by atoms with E-state index in [1.54, 1.807) is 0 Å². The Labute approximate surface area is 86.6 Å². The van der Waals surface area contributed by atoms with Gasteiger partial charge in [0.1, 0.15) is 0 Å². The Balaban J connectivity index is 1.62. The van der Waals surface area contributed by atoms with Gasteiger partial charge in [-0.2, -0.15) is 0 Å². The summed E-state index contributed by atoms with van der Waals surface area (Å²) in [4.78, 5) is 0. The predicted molar refractivity (Wildman–Crippen MR) is 56.2 cm³/mol. The maximum Gasteiger partial charge on any atom is 0.0801 e. The van der Waals surface area contributed by atoms with Gasteiger partial charge < -0.3 is 9.84 Å². The Kier molecular flexibility index (Phi) is 3.82. The lowest BCUT2D eigenvalue weighted by atomic mass is 9.85. The molecule has 0 heterocycles. The van der Waals surface area contributed by atoms with Crippen LogP contribution in [0.1, 0.15) is 51.4 Å². The molecule has 0 saturated heterocycles. The maximum absolute atomic E-state index is 9.92. The monoisotopic (exact) mass is 198 g/mol. The molecule has 0 aromatic carbocycles. The van der Waals surface area contributed by atoms with Gasteiger partial charge in [-0.25, -0.2) is 0 Å². The molecule has 0 aliphatic heterocycles. The van der Waals surface area contributed by atoms with Crippen molar-refractivity contribution < 1.29 is 9.84 Å². The number of rotatable bonds is 4. The lowest BCUT2D eigenvalue weighted by Gasteiger charge is -2.30. The van der Waals surface area contributed by atoms with Crippen LogP contribution in [0.2, 0.25) is 0 Å². The first kappa shape index (κ1) is 10.4. The van der Waals surface area contributed by atoms with Crippen LogP contribution < -0.4 is 0 Å². The quantitative estimate of drug-likeness (QED) is 0.752. The van der Waals surface area contributed by atoms with Crippen molar-refractivity contribution in [3.63, 3.8) is 0 Å². The Morgan fingerprint density at radius 1 is 1.00 bits per heavy atom. The van der Waals surface area contributed by atoms with Crippen LogP contribution >= 0.6 is 0 Å². The Morgan fingerprint density at radius 2 is 1.71 bits per heavy atom. The van der Waals surface area contributed by atoms with Crippen LogP contribution in [0, 0.1) is 5.92 Å². The van der Waals surface area contributed by atoms with Gasteiger partial charge in [0.15, 0.2) is 0 Å². The van der Waals surface area contributed by atoms with E-state index < -0.39 is 0 Å². The van der Waals surface area contributed by atoms with Crippen molar-refractivity contribution in [2.75, 3.05) is 6.61 Å². The van der Waals surface area contributed by atoms with Crippen molar-refractivity contribution in [1.29, 1.82) is 0 Å². The molecule has 14 heavy (non-hydrogen) atoms. The molecule has 2 heteroatoms. The molecule has 82 valence electrons. The van der Waals surface area contributed by atoms with Crippen LogP contribution in [0.3, 0.4) is 0 Å². The second-order valence-electron chi connectivity index (χ2n) is 4.85. The van der Waals surface area contributed by atoms with E-state index in [0.717, 1.165) is 0 Å². The van der Waals surface area contributed by atoms with E-state index in [1.807, 2.05) is 0 Å². The molecule has 2 nitrogen and oxygen atoms in total. The maximum atomic E-state index is 9.92. The van der Waals surface area contributed by atoms with E-state index in [9.17, 15) is 5.11 Å². The van der Waals surface area contributed by atoms with Crippen LogP contribution in [0.15, 0.2) is 0 Å². The highest BCUT2D eigenvalue weighted by Gasteiger charge is 2.24. The van der Waals surface area contributed by atoms with E-state index >= 15 is 0 Å². The fourth-order valence-electron chi connectivity index (χ4n) is 2.43. The molecule has 2 aliphatic rings. The molecule has 2 fully saturated rings. The average Bonchev–Trinajstić information content (AvgIpc) is 2.16. The number of ether oxygens (including phenoxy) is 1. The molecule has 0 amide bonds. The summed E-state index contributed by atoms with van der Waals surface area (Å²) in [6, 6.07) is 0. The minimum atomic E-state index is -0.198. The third-order valence-corrected chi connectivity index (χ3v) is 3.75. The highest BCUT2D eigenvalue weighted by molar-refractivity contribution is 4.75. The van der Waals surface area contributed by atoms with Crippen LogP contribution in [-0.2, 0) is 4.74 Å². The van der Waals surface area contributed by atoms with Gasteiger partial charge in [0.2, 0.25) is 0 Å². The van der Waals surface area contributed by atoms with Crippen molar-refractivity contribution >= 4 is 0 Å². The van der Waals surface area contributed by atoms with E-state index in [2.05, 4.69) is 0 Å². The number of aliphatic hydroxyl groups excluding tert-OH is 1. The summed E-state index contributed by atoms with van der Waals surface area (Å²) < 4.78 is 5.64. The molecule has 1 unspecified atom stereocenters. The SMILES string of the molecule is OC(COC1CCC1)C1CCCCC1. The fourth-order valence-corrected chi connectivity index (χ4v) is 2.43. The molecule has 0 radical (unpaired) electrons. The zero-order valence-corrected chi connectivity index (χ0v) is 8.95. The Morgan fingerprint density at radius 3 is 2.29 bits per heavy atom. The average molecular weight is 198 g/mol. The van der Waals surface area contributed by atoms with Gasteiger partial charge in [-0.3, -0.25) is 0 Å². The van der Waals surface area contributed by atoms with Crippen LogP contribution in [0.4, 0.5) is 0 Å². The van der Waals surface area contributed by atoms with Gasteiger partial charge >= 0.3 is 0 Å². The molecule has 2 saturated carbocycles. The highest BCUT2D eigenvalue weighted by Crippen LogP contribution is 2.28. The third kappa shape index (κ3) is 2.71. The van der Waals surface area contributed by atoms with Crippen LogP contribution in [-0.4, -0.2) is 23.9 Å². The smallest absolute Gasteiger partial charge is 0.0801 e. The molecule has 0 aromatic rings. The number of hydrogen-bond donors (Lipinski definition) is 1. The molecule has 2 rings (SSSR count). The minimum absolute atomic E-state index is 0.198. The van der Waals surface area contributed by atoms with Crippen LogP contribution in [0.25, 0.3) is 0 Å². The molecule has 0 spiro atoms. The van der Waals surface area contributed by atoms with Crippen LogP contribution in [0.5, 0.6) is 0 Å². The van der Waals surface area contributed by atoms with Gasteiger partial charge in [0.05, 0.1) is 18.8 Å². The van der Waals surface area contributed by atoms with E-state index in [4.69, 9.17) is 4.74 Å². The summed E-state index contributed by atoms with van der Waals surface area (Å²) in [7, 11) is 0. The molecule has 0 bridgehead atoms. The summed E-state index contributed by atoms with van der Waals surface area (Å²) in [6.45, 7) is 0.579. The third-order valence-electron chi connectivity index (χ3n) is 3.75. The summed E-state index contributed by atoms with van der Waals surface area (Å²) in [5.41, 5.74) is 0. The first-order valence-electron chi connectivity index (χ1n) is 6.16. The fraction of sp³-hybridized carbons (Fsp3) is 1.00. The standard InChI is InChI=1S/C12H22O2/c13-12(9-14-11-7-4-8-11)10-5-2-1-3-6-10/h10-13H,1-9H2. The Hall–Kier alpha value is -0.0800. The van der Waals surface area contributed by atoms with Crippen molar-refractivity contribution in [3.05, 3.63) is 0 Å². The van der Waals surface area contributed by atoms with Gasteiger partial charge in [-0.1, -0.05) is 19.3 Å². The number of aliphatic hydroxyl groups is 1. The molecule has 0 aromatic heterocycles. The summed E-state index contributed by atoms with van der Waals surface area (Å²) >= 11 is 0.